The normalized spacial score (nSPS) is 25.2. The van der Waals surface area contributed by atoms with E-state index in [1.165, 1.54) is 0 Å². The Kier molecular flexibility index (Phi) is 7.76. The van der Waals surface area contributed by atoms with Crippen LogP contribution < -0.4 is 4.74 Å². The average molecular weight is 334 g/mol. The van der Waals surface area contributed by atoms with E-state index in [0.29, 0.717) is 25.6 Å². The zero-order valence-electron chi connectivity index (χ0n) is 14.8. The molecule has 4 nitrogen and oxygen atoms in total. The lowest BCUT2D eigenvalue weighted by Crippen LogP contribution is -2.39. The summed E-state index contributed by atoms with van der Waals surface area (Å²) in [6, 6.07) is 7.94. The largest absolute Gasteiger partial charge is 0.497 e. The maximum Gasteiger partial charge on any atom is 0.118 e. The molecule has 0 amide bonds. The van der Waals surface area contributed by atoms with Crippen molar-refractivity contribution >= 4 is 0 Å². The van der Waals surface area contributed by atoms with E-state index in [1.54, 1.807) is 7.11 Å². The van der Waals surface area contributed by atoms with Crippen molar-refractivity contribution in [2.45, 2.75) is 57.5 Å². The zero-order valence-corrected chi connectivity index (χ0v) is 14.8. The van der Waals surface area contributed by atoms with E-state index < -0.39 is 0 Å². The van der Waals surface area contributed by atoms with Gasteiger partial charge in [-0.2, -0.15) is 0 Å². The van der Waals surface area contributed by atoms with Crippen LogP contribution in [0.15, 0.2) is 36.9 Å². The van der Waals surface area contributed by atoms with Crippen molar-refractivity contribution in [3.8, 4) is 5.75 Å². The van der Waals surface area contributed by atoms with Crippen LogP contribution in [0.4, 0.5) is 0 Å². The highest BCUT2D eigenvalue weighted by Gasteiger charge is 2.29. The minimum absolute atomic E-state index is 0.103. The van der Waals surface area contributed by atoms with Gasteiger partial charge >= 0.3 is 0 Å². The zero-order chi connectivity index (χ0) is 17.4. The lowest BCUT2D eigenvalue weighted by Gasteiger charge is -2.34. The molecule has 24 heavy (non-hydrogen) atoms. The highest BCUT2D eigenvalue weighted by Crippen LogP contribution is 2.26. The molecule has 1 N–H and O–H groups in total. The van der Waals surface area contributed by atoms with Crippen LogP contribution in [0.5, 0.6) is 5.75 Å². The molecule has 4 heteroatoms. The van der Waals surface area contributed by atoms with Gasteiger partial charge in [-0.15, -0.1) is 6.58 Å². The number of aliphatic hydroxyl groups excluding tert-OH is 1. The minimum Gasteiger partial charge on any atom is -0.497 e. The van der Waals surface area contributed by atoms with Crippen LogP contribution in [0.2, 0.25) is 0 Å². The first-order valence-electron chi connectivity index (χ1n) is 8.77. The van der Waals surface area contributed by atoms with Crippen LogP contribution in [0.3, 0.4) is 0 Å². The summed E-state index contributed by atoms with van der Waals surface area (Å²) in [6.07, 6.45) is 4.95. The third-order valence-electron chi connectivity index (χ3n) is 4.48. The van der Waals surface area contributed by atoms with E-state index >= 15 is 0 Å². The van der Waals surface area contributed by atoms with Crippen LogP contribution in [0, 0.1) is 5.92 Å². The van der Waals surface area contributed by atoms with Crippen molar-refractivity contribution in [2.75, 3.05) is 13.7 Å². The lowest BCUT2D eigenvalue weighted by atomic mass is 9.94. The Bertz CT molecular complexity index is 485. The van der Waals surface area contributed by atoms with Gasteiger partial charge in [-0.3, -0.25) is 0 Å². The summed E-state index contributed by atoms with van der Waals surface area (Å²) < 4.78 is 17.0. The molecule has 4 atom stereocenters. The molecule has 0 radical (unpaired) electrons. The molecule has 0 bridgehead atoms. The summed E-state index contributed by atoms with van der Waals surface area (Å²) in [6.45, 7) is 7.24. The third-order valence-corrected chi connectivity index (χ3v) is 4.48. The Morgan fingerprint density at radius 1 is 1.33 bits per heavy atom. The lowest BCUT2D eigenvalue weighted by molar-refractivity contribution is -0.122. The van der Waals surface area contributed by atoms with Crippen molar-refractivity contribution in [3.63, 3.8) is 0 Å². The topological polar surface area (TPSA) is 47.9 Å². The van der Waals surface area contributed by atoms with Crippen molar-refractivity contribution in [1.29, 1.82) is 0 Å². The molecule has 1 saturated heterocycles. The fourth-order valence-corrected chi connectivity index (χ4v) is 3.12. The second-order valence-corrected chi connectivity index (χ2v) is 6.67. The molecule has 1 unspecified atom stereocenters. The van der Waals surface area contributed by atoms with E-state index in [2.05, 4.69) is 13.5 Å². The van der Waals surface area contributed by atoms with Gasteiger partial charge in [0.05, 0.1) is 32.0 Å². The van der Waals surface area contributed by atoms with Crippen LogP contribution in [0.25, 0.3) is 0 Å². The summed E-state index contributed by atoms with van der Waals surface area (Å²) in [7, 11) is 1.67. The molecule has 1 heterocycles. The quantitative estimate of drug-likeness (QED) is 0.699. The highest BCUT2D eigenvalue weighted by atomic mass is 16.5. The van der Waals surface area contributed by atoms with Crippen molar-refractivity contribution < 1.29 is 19.3 Å². The fourth-order valence-electron chi connectivity index (χ4n) is 3.12. The van der Waals surface area contributed by atoms with E-state index in [-0.39, 0.29) is 18.3 Å². The Morgan fingerprint density at radius 2 is 2.08 bits per heavy atom. The first kappa shape index (κ1) is 19.0. The summed E-state index contributed by atoms with van der Waals surface area (Å²) in [5.41, 5.74) is 1.14. The molecule has 1 aliphatic rings. The van der Waals surface area contributed by atoms with Gasteiger partial charge in [-0.1, -0.05) is 25.1 Å². The molecule has 1 fully saturated rings. The number of methoxy groups -OCH3 is 1. The van der Waals surface area contributed by atoms with Gasteiger partial charge in [0, 0.05) is 6.61 Å². The molecule has 0 aromatic heterocycles. The second kappa shape index (κ2) is 9.82. The van der Waals surface area contributed by atoms with Crippen LogP contribution in [0.1, 0.15) is 38.2 Å². The first-order valence-corrected chi connectivity index (χ1v) is 8.77. The Hall–Kier alpha value is -1.36. The van der Waals surface area contributed by atoms with E-state index in [4.69, 9.17) is 14.2 Å². The molecule has 0 aliphatic carbocycles. The summed E-state index contributed by atoms with van der Waals surface area (Å²) in [4.78, 5) is 0. The third kappa shape index (κ3) is 5.93. The van der Waals surface area contributed by atoms with Gasteiger partial charge < -0.3 is 19.3 Å². The molecule has 134 valence electrons. The smallest absolute Gasteiger partial charge is 0.118 e. The summed E-state index contributed by atoms with van der Waals surface area (Å²) in [5, 5.41) is 9.95. The van der Waals surface area contributed by atoms with Gasteiger partial charge in [-0.05, 0) is 49.3 Å². The van der Waals surface area contributed by atoms with Gasteiger partial charge in [0.1, 0.15) is 5.75 Å². The molecule has 0 spiro atoms. The number of benzene rings is 1. The summed E-state index contributed by atoms with van der Waals surface area (Å²) >= 11 is 0. The van der Waals surface area contributed by atoms with E-state index in [0.717, 1.165) is 30.6 Å². The van der Waals surface area contributed by atoms with E-state index in [1.807, 2.05) is 30.3 Å². The minimum atomic E-state index is -0.360. The predicted octanol–water partition coefficient (Wildman–Crippen LogP) is 3.72. The monoisotopic (exact) mass is 334 g/mol. The molecule has 2 rings (SSSR count). The number of ether oxygens (including phenoxy) is 3. The average Bonchev–Trinajstić information content (AvgIpc) is 2.59. The molecule has 1 aromatic carbocycles. The van der Waals surface area contributed by atoms with E-state index in [9.17, 15) is 5.11 Å². The van der Waals surface area contributed by atoms with Gasteiger partial charge in [-0.25, -0.2) is 0 Å². The molecular weight excluding hydrogens is 304 g/mol. The van der Waals surface area contributed by atoms with Crippen LogP contribution in [-0.2, 0) is 16.1 Å². The van der Waals surface area contributed by atoms with Crippen LogP contribution in [-0.4, -0.2) is 37.1 Å². The Labute approximate surface area is 145 Å². The van der Waals surface area contributed by atoms with Crippen molar-refractivity contribution in [2.24, 2.45) is 5.92 Å². The number of rotatable bonds is 9. The Morgan fingerprint density at radius 3 is 2.75 bits per heavy atom. The van der Waals surface area contributed by atoms with Crippen molar-refractivity contribution in [1.82, 2.24) is 0 Å². The number of hydrogen-bond acceptors (Lipinski definition) is 4. The summed E-state index contributed by atoms with van der Waals surface area (Å²) in [5.74, 6) is 1.28. The van der Waals surface area contributed by atoms with Gasteiger partial charge in [0.25, 0.3) is 0 Å². The number of aliphatic hydroxyl groups is 1. The van der Waals surface area contributed by atoms with Gasteiger partial charge in [0.15, 0.2) is 0 Å². The second-order valence-electron chi connectivity index (χ2n) is 6.67. The molecule has 1 aliphatic heterocycles. The van der Waals surface area contributed by atoms with Crippen LogP contribution >= 0.6 is 0 Å². The first-order chi connectivity index (χ1) is 11.6. The maximum atomic E-state index is 9.95. The maximum absolute atomic E-state index is 9.95. The number of hydrogen-bond donors (Lipinski definition) is 1. The Balaban J connectivity index is 1.68. The standard InChI is InChI=1S/C20H30O4/c1-4-5-20-19(21)11-10-18(24-20)12-15(2)13-23-14-16-6-8-17(22-3)9-7-16/h4,6-9,15,18-21H,1,5,10-14H2,2-3H3/t15-,18+,19?,20-/m1/s1. The molecular formula is C20H30O4. The predicted molar refractivity (Wildman–Crippen MR) is 95.1 cm³/mol. The highest BCUT2D eigenvalue weighted by molar-refractivity contribution is 5.26. The molecule has 0 saturated carbocycles. The SMILES string of the molecule is C=CC[C@H]1O[C@H](C[C@@H](C)COCc2ccc(OC)cc2)CCC1O. The molecule has 1 aromatic rings. The van der Waals surface area contributed by atoms with Gasteiger partial charge in [0.2, 0.25) is 0 Å². The fraction of sp³-hybridized carbons (Fsp3) is 0.600. The van der Waals surface area contributed by atoms with Crippen molar-refractivity contribution in [3.05, 3.63) is 42.5 Å².